The number of rotatable bonds is 7. The van der Waals surface area contributed by atoms with Crippen molar-refractivity contribution in [3.8, 4) is 0 Å². The van der Waals surface area contributed by atoms with Crippen LogP contribution in [0.15, 0.2) is 24.3 Å². The van der Waals surface area contributed by atoms with Gasteiger partial charge in [-0.2, -0.15) is 0 Å². The Balaban J connectivity index is 1.95. The van der Waals surface area contributed by atoms with Crippen molar-refractivity contribution in [2.24, 2.45) is 11.7 Å². The van der Waals surface area contributed by atoms with Crippen LogP contribution in [0.3, 0.4) is 0 Å². The van der Waals surface area contributed by atoms with Gasteiger partial charge >= 0.3 is 0 Å². The standard InChI is InChI=1S/C20H30FN3O2/c1-14(2)18(22)19(26)23-12-17(25)24-13-20(9-4-3-5-10-20)15-7-6-8-16(21)11-15/h6-8,11,14,18H,3-5,9-10,12-13,22H2,1-2H3,(H,23,26)(H,24,25)/t18-/m0/s1. The minimum absolute atomic E-state index is 0.0107. The zero-order chi connectivity index (χ0) is 19.2. The molecule has 4 N–H and O–H groups in total. The van der Waals surface area contributed by atoms with Gasteiger partial charge in [0.05, 0.1) is 12.6 Å². The molecule has 1 fully saturated rings. The molecular formula is C20H30FN3O2. The molecule has 0 radical (unpaired) electrons. The van der Waals surface area contributed by atoms with Crippen LogP contribution in [0, 0.1) is 11.7 Å². The Morgan fingerprint density at radius 1 is 1.19 bits per heavy atom. The summed E-state index contributed by atoms with van der Waals surface area (Å²) in [5, 5.41) is 5.49. The van der Waals surface area contributed by atoms with E-state index in [0.29, 0.717) is 6.54 Å². The van der Waals surface area contributed by atoms with E-state index in [9.17, 15) is 14.0 Å². The summed E-state index contributed by atoms with van der Waals surface area (Å²) in [5.41, 5.74) is 6.46. The predicted molar refractivity (Wildman–Crippen MR) is 100.0 cm³/mol. The Labute approximate surface area is 154 Å². The molecule has 0 bridgehead atoms. The highest BCUT2D eigenvalue weighted by Crippen LogP contribution is 2.39. The summed E-state index contributed by atoms with van der Waals surface area (Å²) in [6, 6.07) is 6.03. The van der Waals surface area contributed by atoms with E-state index in [-0.39, 0.29) is 35.5 Å². The van der Waals surface area contributed by atoms with Gasteiger partial charge in [0.1, 0.15) is 5.82 Å². The molecule has 2 amide bonds. The summed E-state index contributed by atoms with van der Waals surface area (Å²) in [6.07, 6.45) is 5.12. The van der Waals surface area contributed by atoms with Crippen LogP contribution in [-0.2, 0) is 15.0 Å². The van der Waals surface area contributed by atoms with E-state index in [4.69, 9.17) is 5.73 Å². The third-order valence-electron chi connectivity index (χ3n) is 5.32. The van der Waals surface area contributed by atoms with Crippen LogP contribution < -0.4 is 16.4 Å². The minimum atomic E-state index is -0.625. The van der Waals surface area contributed by atoms with E-state index in [2.05, 4.69) is 10.6 Å². The molecule has 0 aliphatic heterocycles. The molecule has 26 heavy (non-hydrogen) atoms. The quantitative estimate of drug-likeness (QED) is 0.695. The molecular weight excluding hydrogens is 333 g/mol. The van der Waals surface area contributed by atoms with E-state index in [1.165, 1.54) is 6.07 Å². The molecule has 1 aliphatic carbocycles. The normalized spacial score (nSPS) is 17.6. The maximum atomic E-state index is 13.7. The highest BCUT2D eigenvalue weighted by molar-refractivity contribution is 5.87. The number of nitrogens with one attached hydrogen (secondary N) is 2. The van der Waals surface area contributed by atoms with Gasteiger partial charge in [-0.05, 0) is 36.5 Å². The van der Waals surface area contributed by atoms with Crippen molar-refractivity contribution in [1.82, 2.24) is 10.6 Å². The number of carbonyl (C=O) groups excluding carboxylic acids is 2. The number of hydrogen-bond donors (Lipinski definition) is 3. The zero-order valence-electron chi connectivity index (χ0n) is 15.7. The summed E-state index contributed by atoms with van der Waals surface area (Å²) < 4.78 is 13.7. The SMILES string of the molecule is CC(C)[C@H](N)C(=O)NCC(=O)NCC1(c2cccc(F)c2)CCCCC1. The fourth-order valence-corrected chi connectivity index (χ4v) is 3.53. The van der Waals surface area contributed by atoms with Crippen LogP contribution >= 0.6 is 0 Å². The molecule has 0 aromatic heterocycles. The van der Waals surface area contributed by atoms with Gasteiger partial charge < -0.3 is 16.4 Å². The number of nitrogens with two attached hydrogens (primary N) is 1. The number of amides is 2. The van der Waals surface area contributed by atoms with Crippen LogP contribution in [0.1, 0.15) is 51.5 Å². The Morgan fingerprint density at radius 2 is 1.88 bits per heavy atom. The summed E-state index contributed by atoms with van der Waals surface area (Å²) in [5.74, 6) is -0.825. The summed E-state index contributed by atoms with van der Waals surface area (Å²) >= 11 is 0. The monoisotopic (exact) mass is 363 g/mol. The van der Waals surface area contributed by atoms with E-state index >= 15 is 0 Å². The molecule has 6 heteroatoms. The zero-order valence-corrected chi connectivity index (χ0v) is 15.7. The van der Waals surface area contributed by atoms with Crippen LogP contribution in [0.2, 0.25) is 0 Å². The average Bonchev–Trinajstić information content (AvgIpc) is 2.64. The van der Waals surface area contributed by atoms with Crippen molar-refractivity contribution < 1.29 is 14.0 Å². The molecule has 1 saturated carbocycles. The summed E-state index contributed by atoms with van der Waals surface area (Å²) in [4.78, 5) is 24.0. The minimum Gasteiger partial charge on any atom is -0.354 e. The van der Waals surface area contributed by atoms with Crippen molar-refractivity contribution in [3.05, 3.63) is 35.6 Å². The van der Waals surface area contributed by atoms with Gasteiger partial charge in [0.2, 0.25) is 11.8 Å². The van der Waals surface area contributed by atoms with Crippen LogP contribution in [0.25, 0.3) is 0 Å². The van der Waals surface area contributed by atoms with Crippen molar-refractivity contribution in [2.45, 2.75) is 57.4 Å². The first-order valence-electron chi connectivity index (χ1n) is 9.40. The molecule has 144 valence electrons. The van der Waals surface area contributed by atoms with E-state index < -0.39 is 6.04 Å². The fraction of sp³-hybridized carbons (Fsp3) is 0.600. The van der Waals surface area contributed by atoms with Crippen LogP contribution in [0.5, 0.6) is 0 Å². The molecule has 1 aromatic carbocycles. The van der Waals surface area contributed by atoms with Crippen molar-refractivity contribution >= 4 is 11.8 Å². The first-order valence-corrected chi connectivity index (χ1v) is 9.40. The first-order chi connectivity index (χ1) is 12.3. The van der Waals surface area contributed by atoms with Gasteiger partial charge in [-0.1, -0.05) is 45.2 Å². The van der Waals surface area contributed by atoms with Crippen LogP contribution in [-0.4, -0.2) is 30.9 Å². The molecule has 5 nitrogen and oxygen atoms in total. The van der Waals surface area contributed by atoms with Crippen molar-refractivity contribution in [3.63, 3.8) is 0 Å². The lowest BCUT2D eigenvalue weighted by molar-refractivity contribution is -0.127. The van der Waals surface area contributed by atoms with Gasteiger partial charge in [0.15, 0.2) is 0 Å². The number of carbonyl (C=O) groups is 2. The number of benzene rings is 1. The molecule has 0 heterocycles. The lowest BCUT2D eigenvalue weighted by Crippen LogP contribution is -2.49. The summed E-state index contributed by atoms with van der Waals surface area (Å²) in [6.45, 7) is 4.06. The van der Waals surface area contributed by atoms with Gasteiger partial charge in [0.25, 0.3) is 0 Å². The second-order valence-corrected chi connectivity index (χ2v) is 7.62. The molecule has 1 aliphatic rings. The van der Waals surface area contributed by atoms with Gasteiger partial charge in [-0.15, -0.1) is 0 Å². The van der Waals surface area contributed by atoms with E-state index in [1.54, 1.807) is 12.1 Å². The van der Waals surface area contributed by atoms with Crippen molar-refractivity contribution in [1.29, 1.82) is 0 Å². The second-order valence-electron chi connectivity index (χ2n) is 7.62. The lowest BCUT2D eigenvalue weighted by atomic mass is 9.69. The van der Waals surface area contributed by atoms with Crippen molar-refractivity contribution in [2.75, 3.05) is 13.1 Å². The Bertz CT molecular complexity index is 627. The largest absolute Gasteiger partial charge is 0.354 e. The third kappa shape index (κ3) is 5.27. The lowest BCUT2D eigenvalue weighted by Gasteiger charge is -2.38. The second kappa shape index (κ2) is 9.12. The van der Waals surface area contributed by atoms with E-state index in [1.807, 2.05) is 19.9 Å². The Kier molecular flexibility index (Phi) is 7.14. The number of halogens is 1. The predicted octanol–water partition coefficient (Wildman–Crippen LogP) is 2.24. The molecule has 1 aromatic rings. The third-order valence-corrected chi connectivity index (χ3v) is 5.32. The molecule has 0 spiro atoms. The smallest absolute Gasteiger partial charge is 0.239 e. The maximum Gasteiger partial charge on any atom is 0.239 e. The molecule has 1 atom stereocenters. The topological polar surface area (TPSA) is 84.2 Å². The Morgan fingerprint density at radius 3 is 2.50 bits per heavy atom. The molecule has 0 unspecified atom stereocenters. The average molecular weight is 363 g/mol. The highest BCUT2D eigenvalue weighted by Gasteiger charge is 2.34. The Hall–Kier alpha value is -1.95. The first kappa shape index (κ1) is 20.4. The maximum absolute atomic E-state index is 13.7. The van der Waals surface area contributed by atoms with Gasteiger partial charge in [-0.25, -0.2) is 4.39 Å². The van der Waals surface area contributed by atoms with Crippen LogP contribution in [0.4, 0.5) is 4.39 Å². The van der Waals surface area contributed by atoms with E-state index in [0.717, 1.165) is 37.7 Å². The molecule has 2 rings (SSSR count). The van der Waals surface area contributed by atoms with Gasteiger partial charge in [0, 0.05) is 12.0 Å². The molecule has 0 saturated heterocycles. The fourth-order valence-electron chi connectivity index (χ4n) is 3.53. The highest BCUT2D eigenvalue weighted by atomic mass is 19.1. The summed E-state index contributed by atoms with van der Waals surface area (Å²) in [7, 11) is 0. The number of hydrogen-bond acceptors (Lipinski definition) is 3. The van der Waals surface area contributed by atoms with Gasteiger partial charge in [-0.3, -0.25) is 9.59 Å².